The normalized spacial score (nSPS) is 14.9. The number of rotatable bonds is 6. The second-order valence-electron chi connectivity index (χ2n) is 8.67. The Kier molecular flexibility index (Phi) is 5.15. The molecule has 4 aromatic rings. The number of aryl methyl sites for hydroxylation is 1. The minimum Gasteiger partial charge on any atom is -0.390 e. The molecule has 0 spiro atoms. The molecular weight excluding hydrogens is 409 g/mol. The van der Waals surface area contributed by atoms with E-state index in [2.05, 4.69) is 39.1 Å². The summed E-state index contributed by atoms with van der Waals surface area (Å²) in [4.78, 5) is 10.7. The van der Waals surface area contributed by atoms with E-state index in [1.54, 1.807) is 4.57 Å². The van der Waals surface area contributed by atoms with Crippen molar-refractivity contribution in [1.29, 1.82) is 0 Å². The Morgan fingerprint density at radius 3 is 2.78 bits per heavy atom. The number of hydrogen-bond acceptors (Lipinski definition) is 6. The van der Waals surface area contributed by atoms with E-state index < -0.39 is 5.82 Å². The smallest absolute Gasteiger partial charge is 0.229 e. The highest BCUT2D eigenvalue weighted by Gasteiger charge is 2.25. The molecule has 32 heavy (non-hydrogen) atoms. The van der Waals surface area contributed by atoms with Crippen molar-refractivity contribution in [3.05, 3.63) is 59.9 Å². The fourth-order valence-electron chi connectivity index (χ4n) is 4.07. The van der Waals surface area contributed by atoms with Crippen molar-refractivity contribution in [3.8, 4) is 5.82 Å². The van der Waals surface area contributed by atoms with Crippen LogP contribution in [-0.4, -0.2) is 53.5 Å². The first-order valence-corrected chi connectivity index (χ1v) is 10.7. The van der Waals surface area contributed by atoms with Crippen molar-refractivity contribution in [2.45, 2.75) is 39.5 Å². The lowest BCUT2D eigenvalue weighted by Crippen LogP contribution is -2.49. The number of aromatic nitrogens is 5. The maximum Gasteiger partial charge on any atom is 0.229 e. The zero-order valence-electron chi connectivity index (χ0n) is 18.3. The van der Waals surface area contributed by atoms with Gasteiger partial charge >= 0.3 is 0 Å². The van der Waals surface area contributed by atoms with E-state index in [1.807, 2.05) is 48.4 Å². The molecule has 4 heterocycles. The Bertz CT molecular complexity index is 1270. The van der Waals surface area contributed by atoms with Crippen LogP contribution in [0.15, 0.2) is 43.0 Å². The third-order valence-electron chi connectivity index (χ3n) is 5.78. The van der Waals surface area contributed by atoms with Crippen LogP contribution in [0.5, 0.6) is 0 Å². The van der Waals surface area contributed by atoms with Crippen LogP contribution in [-0.2, 0) is 6.54 Å². The lowest BCUT2D eigenvalue weighted by atomic mass is 10.1. The topological polar surface area (TPSA) is 84.0 Å². The van der Waals surface area contributed by atoms with Gasteiger partial charge in [0.05, 0.1) is 24.0 Å². The van der Waals surface area contributed by atoms with Gasteiger partial charge in [-0.3, -0.25) is 9.58 Å². The first-order valence-electron chi connectivity index (χ1n) is 10.7. The first-order chi connectivity index (χ1) is 15.4. The van der Waals surface area contributed by atoms with E-state index >= 15 is 0 Å². The lowest BCUT2D eigenvalue weighted by Gasteiger charge is -2.35. The maximum atomic E-state index is 14.6. The van der Waals surface area contributed by atoms with E-state index in [-0.39, 0.29) is 18.0 Å². The van der Waals surface area contributed by atoms with Crippen molar-refractivity contribution >= 4 is 22.5 Å². The molecule has 2 N–H and O–H groups in total. The fourth-order valence-corrected chi connectivity index (χ4v) is 4.07. The number of anilines is 2. The number of hydrogen-bond donors (Lipinski definition) is 2. The predicted molar refractivity (Wildman–Crippen MR) is 121 cm³/mol. The first kappa shape index (κ1) is 20.6. The quantitative estimate of drug-likeness (QED) is 0.482. The maximum absolute atomic E-state index is 14.6. The van der Waals surface area contributed by atoms with Gasteiger partial charge in [0.25, 0.3) is 0 Å². The number of β-amino-alcohol motifs (C(OH)–C–C–N with tert-alkyl or cyclic N) is 1. The fraction of sp³-hybridized carbons (Fsp3) is 0.348. The number of nitrogens with one attached hydrogen (secondary N) is 1. The zero-order chi connectivity index (χ0) is 22.4. The third kappa shape index (κ3) is 3.85. The van der Waals surface area contributed by atoms with Gasteiger partial charge in [-0.1, -0.05) is 0 Å². The van der Waals surface area contributed by atoms with E-state index in [0.717, 1.165) is 34.3 Å². The third-order valence-corrected chi connectivity index (χ3v) is 5.78. The number of nitrogens with zero attached hydrogens (tertiary/aromatic N) is 6. The number of fused-ring (bicyclic) bond motifs is 1. The summed E-state index contributed by atoms with van der Waals surface area (Å²) >= 11 is 0. The molecule has 0 aliphatic carbocycles. The summed E-state index contributed by atoms with van der Waals surface area (Å²) in [6, 6.07) is 6.20. The Morgan fingerprint density at radius 2 is 2.03 bits per heavy atom. The zero-order valence-corrected chi connectivity index (χ0v) is 18.3. The highest BCUT2D eigenvalue weighted by Crippen LogP contribution is 2.24. The van der Waals surface area contributed by atoms with E-state index in [1.165, 1.54) is 6.20 Å². The monoisotopic (exact) mass is 435 g/mol. The molecule has 1 aliphatic rings. The van der Waals surface area contributed by atoms with Crippen molar-refractivity contribution in [1.82, 2.24) is 29.2 Å². The predicted octanol–water partition coefficient (Wildman–Crippen LogP) is 3.57. The Hall–Kier alpha value is -3.30. The molecule has 0 unspecified atom stereocenters. The molecular formula is C23H26FN7O. The Labute approximate surface area is 185 Å². The molecule has 0 radical (unpaired) electrons. The number of likely N-dealkylation sites (tertiary alicyclic amines) is 1. The molecule has 1 saturated heterocycles. The molecule has 8 nitrogen and oxygen atoms in total. The second-order valence-corrected chi connectivity index (χ2v) is 8.67. The Balaban J connectivity index is 1.39. The summed E-state index contributed by atoms with van der Waals surface area (Å²) in [6.07, 6.45) is 6.53. The lowest BCUT2D eigenvalue weighted by molar-refractivity contribution is -0.00295. The summed E-state index contributed by atoms with van der Waals surface area (Å²) in [5, 5.41) is 18.1. The molecule has 9 heteroatoms. The summed E-state index contributed by atoms with van der Waals surface area (Å²) in [7, 11) is 0. The van der Waals surface area contributed by atoms with Crippen molar-refractivity contribution < 1.29 is 9.50 Å². The van der Waals surface area contributed by atoms with Crippen molar-refractivity contribution in [3.63, 3.8) is 0 Å². The number of aliphatic hydroxyl groups is 1. The SMILES string of the molecule is Cc1cn(-c2nc(Nc3ccc4c(cnn4C(C)C)c3)ncc2F)cc1CN1CC(O)C1. The van der Waals surface area contributed by atoms with Gasteiger partial charge in [-0.05, 0) is 50.1 Å². The van der Waals surface area contributed by atoms with E-state index in [0.29, 0.717) is 19.0 Å². The van der Waals surface area contributed by atoms with Gasteiger partial charge in [-0.2, -0.15) is 10.1 Å². The van der Waals surface area contributed by atoms with E-state index in [9.17, 15) is 9.50 Å². The van der Waals surface area contributed by atoms with E-state index in [4.69, 9.17) is 0 Å². The van der Waals surface area contributed by atoms with Gasteiger partial charge < -0.3 is 15.0 Å². The summed E-state index contributed by atoms with van der Waals surface area (Å²) in [5.41, 5.74) is 3.99. The van der Waals surface area contributed by atoms with Crippen LogP contribution in [0.4, 0.5) is 16.0 Å². The van der Waals surface area contributed by atoms with Crippen molar-refractivity contribution in [2.24, 2.45) is 0 Å². The summed E-state index contributed by atoms with van der Waals surface area (Å²) in [6.45, 7) is 8.23. The minimum atomic E-state index is -0.495. The molecule has 1 aliphatic heterocycles. The van der Waals surface area contributed by atoms with Gasteiger partial charge in [0.15, 0.2) is 11.6 Å². The van der Waals surface area contributed by atoms with Gasteiger partial charge in [0.2, 0.25) is 5.95 Å². The molecule has 0 saturated carbocycles. The van der Waals surface area contributed by atoms with Crippen LogP contribution < -0.4 is 5.32 Å². The van der Waals surface area contributed by atoms with Gasteiger partial charge in [0.1, 0.15) is 0 Å². The second kappa shape index (κ2) is 7.99. The summed E-state index contributed by atoms with van der Waals surface area (Å²) < 4.78 is 18.2. The van der Waals surface area contributed by atoms with Crippen molar-refractivity contribution in [2.75, 3.05) is 18.4 Å². The van der Waals surface area contributed by atoms with Crippen LogP contribution in [0.25, 0.3) is 16.7 Å². The molecule has 0 atom stereocenters. The average Bonchev–Trinajstić information content (AvgIpc) is 3.31. The molecule has 3 aromatic heterocycles. The average molecular weight is 436 g/mol. The molecule has 0 bridgehead atoms. The van der Waals surface area contributed by atoms with Crippen LogP contribution in [0.3, 0.4) is 0 Å². The highest BCUT2D eigenvalue weighted by molar-refractivity contribution is 5.83. The molecule has 0 amide bonds. The minimum absolute atomic E-state index is 0.189. The molecule has 5 rings (SSSR count). The van der Waals surface area contributed by atoms with Gasteiger partial charge in [-0.25, -0.2) is 9.37 Å². The Morgan fingerprint density at radius 1 is 1.22 bits per heavy atom. The van der Waals surface area contributed by atoms with Crippen LogP contribution in [0, 0.1) is 12.7 Å². The van der Waals surface area contributed by atoms with Gasteiger partial charge in [0, 0.05) is 49.1 Å². The number of halogens is 1. The molecule has 1 fully saturated rings. The molecule has 1 aromatic carbocycles. The van der Waals surface area contributed by atoms with Crippen LogP contribution in [0.1, 0.15) is 31.0 Å². The standard InChI is InChI=1S/C23H26FN7O/c1-14(2)31-21-5-4-18(6-16(21)7-26-31)27-23-25-8-20(24)22(28-23)30-9-15(3)17(11-30)10-29-12-19(32)13-29/h4-9,11,14,19,32H,10,12-13H2,1-3H3,(H,25,27,28). The van der Waals surface area contributed by atoms with Crippen LogP contribution in [0.2, 0.25) is 0 Å². The number of aliphatic hydroxyl groups excluding tert-OH is 1. The van der Waals surface area contributed by atoms with Crippen LogP contribution >= 0.6 is 0 Å². The highest BCUT2D eigenvalue weighted by atomic mass is 19.1. The summed E-state index contributed by atoms with van der Waals surface area (Å²) in [5.74, 6) is 0.00936. The van der Waals surface area contributed by atoms with Gasteiger partial charge in [-0.15, -0.1) is 0 Å². The number of benzene rings is 1. The largest absolute Gasteiger partial charge is 0.390 e. The molecule has 166 valence electrons.